The van der Waals surface area contributed by atoms with Crippen LogP contribution in [0.3, 0.4) is 0 Å². The van der Waals surface area contributed by atoms with E-state index in [1.807, 2.05) is 0 Å². The van der Waals surface area contributed by atoms with Gasteiger partial charge in [-0.1, -0.05) is 0 Å². The standard InChI is InChI=1S/C7H8FN3O2/c1-9-6-5(8)2-4(3-10-6)7(12)11-13/h2-3,13H,1H3,(H,9,10)(H,11,12). The van der Waals surface area contributed by atoms with Gasteiger partial charge in [0.2, 0.25) is 0 Å². The number of amides is 1. The smallest absolute Gasteiger partial charge is 0.276 e. The highest BCUT2D eigenvalue weighted by Gasteiger charge is 2.08. The molecule has 1 aromatic rings. The van der Waals surface area contributed by atoms with E-state index >= 15 is 0 Å². The minimum absolute atomic E-state index is 0.0426. The first-order chi connectivity index (χ1) is 6.19. The molecule has 0 saturated heterocycles. The Hall–Kier alpha value is -1.69. The second-order valence-corrected chi connectivity index (χ2v) is 2.25. The molecule has 0 aliphatic heterocycles. The van der Waals surface area contributed by atoms with Gasteiger partial charge in [0.15, 0.2) is 11.6 Å². The lowest BCUT2D eigenvalue weighted by Gasteiger charge is -2.02. The first kappa shape index (κ1) is 9.40. The minimum Gasteiger partial charge on any atom is -0.371 e. The highest BCUT2D eigenvalue weighted by atomic mass is 19.1. The van der Waals surface area contributed by atoms with E-state index in [1.54, 1.807) is 0 Å². The molecule has 3 N–H and O–H groups in total. The van der Waals surface area contributed by atoms with Crippen molar-refractivity contribution >= 4 is 11.7 Å². The van der Waals surface area contributed by atoms with E-state index in [9.17, 15) is 9.18 Å². The molecule has 0 atom stereocenters. The molecule has 0 bridgehead atoms. The van der Waals surface area contributed by atoms with E-state index in [1.165, 1.54) is 12.5 Å². The Balaban J connectivity index is 3.02. The van der Waals surface area contributed by atoms with Crippen LogP contribution in [0.1, 0.15) is 10.4 Å². The van der Waals surface area contributed by atoms with Crippen LogP contribution >= 0.6 is 0 Å². The normalized spacial score (nSPS) is 9.46. The third kappa shape index (κ3) is 1.91. The number of carbonyl (C=O) groups excluding carboxylic acids is 1. The van der Waals surface area contributed by atoms with Gasteiger partial charge >= 0.3 is 0 Å². The Morgan fingerprint density at radius 1 is 1.69 bits per heavy atom. The monoisotopic (exact) mass is 185 g/mol. The molecule has 13 heavy (non-hydrogen) atoms. The summed E-state index contributed by atoms with van der Waals surface area (Å²) in [5.74, 6) is -1.40. The second-order valence-electron chi connectivity index (χ2n) is 2.25. The molecule has 70 valence electrons. The van der Waals surface area contributed by atoms with E-state index in [0.29, 0.717) is 0 Å². The van der Waals surface area contributed by atoms with Crippen molar-refractivity contribution in [3.63, 3.8) is 0 Å². The average Bonchev–Trinajstić information content (AvgIpc) is 2.16. The number of hydroxylamine groups is 1. The van der Waals surface area contributed by atoms with Crippen molar-refractivity contribution in [3.8, 4) is 0 Å². The van der Waals surface area contributed by atoms with Gasteiger partial charge in [-0.05, 0) is 6.07 Å². The topological polar surface area (TPSA) is 74.2 Å². The summed E-state index contributed by atoms with van der Waals surface area (Å²) in [6.45, 7) is 0. The molecule has 1 rings (SSSR count). The molecule has 0 aliphatic carbocycles. The van der Waals surface area contributed by atoms with Gasteiger partial charge < -0.3 is 5.32 Å². The number of hydrogen-bond donors (Lipinski definition) is 3. The highest BCUT2D eigenvalue weighted by Crippen LogP contribution is 2.10. The third-order valence-corrected chi connectivity index (χ3v) is 1.44. The lowest BCUT2D eigenvalue weighted by atomic mass is 10.2. The molecule has 1 amide bonds. The summed E-state index contributed by atoms with van der Waals surface area (Å²) < 4.78 is 13.0. The summed E-state index contributed by atoms with van der Waals surface area (Å²) >= 11 is 0. The first-order valence-corrected chi connectivity index (χ1v) is 3.46. The third-order valence-electron chi connectivity index (χ3n) is 1.44. The van der Waals surface area contributed by atoms with Crippen molar-refractivity contribution in [2.75, 3.05) is 12.4 Å². The van der Waals surface area contributed by atoms with Crippen LogP contribution in [0.25, 0.3) is 0 Å². The predicted octanol–water partition coefficient (Wildman–Crippen LogP) is 0.381. The number of nitrogens with zero attached hydrogens (tertiary/aromatic N) is 1. The van der Waals surface area contributed by atoms with E-state index in [4.69, 9.17) is 5.21 Å². The maximum Gasteiger partial charge on any atom is 0.276 e. The van der Waals surface area contributed by atoms with Crippen molar-refractivity contribution < 1.29 is 14.4 Å². The van der Waals surface area contributed by atoms with Gasteiger partial charge in [0, 0.05) is 13.2 Å². The highest BCUT2D eigenvalue weighted by molar-refractivity contribution is 5.93. The molecule has 0 aliphatic rings. The summed E-state index contributed by atoms with van der Waals surface area (Å²) in [6, 6.07) is 0.977. The van der Waals surface area contributed by atoms with Crippen molar-refractivity contribution in [1.82, 2.24) is 10.5 Å². The SMILES string of the molecule is CNc1ncc(C(=O)NO)cc1F. The van der Waals surface area contributed by atoms with Gasteiger partial charge in [0.05, 0.1) is 5.56 Å². The van der Waals surface area contributed by atoms with Gasteiger partial charge in [-0.15, -0.1) is 0 Å². The van der Waals surface area contributed by atoms with Gasteiger partial charge in [0.25, 0.3) is 5.91 Å². The summed E-state index contributed by atoms with van der Waals surface area (Å²) in [4.78, 5) is 14.4. The number of pyridine rings is 1. The number of aromatic nitrogens is 1. The lowest BCUT2D eigenvalue weighted by molar-refractivity contribution is 0.0705. The van der Waals surface area contributed by atoms with Gasteiger partial charge in [-0.2, -0.15) is 0 Å². The molecular formula is C7H8FN3O2. The largest absolute Gasteiger partial charge is 0.371 e. The minimum atomic E-state index is -0.797. The summed E-state index contributed by atoms with van der Waals surface area (Å²) in [5, 5.41) is 10.7. The number of halogens is 1. The van der Waals surface area contributed by atoms with E-state index in [-0.39, 0.29) is 11.4 Å². The fraction of sp³-hybridized carbons (Fsp3) is 0.143. The Bertz CT molecular complexity index is 330. The van der Waals surface area contributed by atoms with Crippen LogP contribution < -0.4 is 10.8 Å². The van der Waals surface area contributed by atoms with Crippen LogP contribution in [-0.4, -0.2) is 23.1 Å². The first-order valence-electron chi connectivity index (χ1n) is 3.46. The fourth-order valence-electron chi connectivity index (χ4n) is 0.811. The number of carbonyl (C=O) groups is 1. The molecule has 0 radical (unpaired) electrons. The molecule has 5 nitrogen and oxygen atoms in total. The van der Waals surface area contributed by atoms with Crippen LogP contribution in [0.15, 0.2) is 12.3 Å². The van der Waals surface area contributed by atoms with Gasteiger partial charge in [-0.25, -0.2) is 14.9 Å². The second kappa shape index (κ2) is 3.81. The van der Waals surface area contributed by atoms with Crippen LogP contribution in [0.2, 0.25) is 0 Å². The Morgan fingerprint density at radius 2 is 2.38 bits per heavy atom. The molecule has 0 aromatic carbocycles. The van der Waals surface area contributed by atoms with E-state index < -0.39 is 11.7 Å². The van der Waals surface area contributed by atoms with Crippen molar-refractivity contribution in [3.05, 3.63) is 23.6 Å². The molecule has 0 fully saturated rings. The van der Waals surface area contributed by atoms with Crippen molar-refractivity contribution in [2.24, 2.45) is 0 Å². The summed E-state index contributed by atoms with van der Waals surface area (Å²) in [5.41, 5.74) is 1.34. The lowest BCUT2D eigenvalue weighted by Crippen LogP contribution is -2.19. The Morgan fingerprint density at radius 3 is 2.85 bits per heavy atom. The molecule has 0 spiro atoms. The maximum absolute atomic E-state index is 13.0. The predicted molar refractivity (Wildman–Crippen MR) is 43.0 cm³/mol. The maximum atomic E-state index is 13.0. The summed E-state index contributed by atoms with van der Waals surface area (Å²) in [6.07, 6.45) is 1.15. The van der Waals surface area contributed by atoms with Crippen molar-refractivity contribution in [2.45, 2.75) is 0 Å². The van der Waals surface area contributed by atoms with Crippen molar-refractivity contribution in [1.29, 1.82) is 0 Å². The van der Waals surface area contributed by atoms with Crippen LogP contribution in [0.4, 0.5) is 10.2 Å². The average molecular weight is 185 g/mol. The quantitative estimate of drug-likeness (QED) is 0.460. The Kier molecular flexibility index (Phi) is 2.76. The number of nitrogens with one attached hydrogen (secondary N) is 2. The zero-order valence-corrected chi connectivity index (χ0v) is 6.84. The number of hydrogen-bond acceptors (Lipinski definition) is 4. The van der Waals surface area contributed by atoms with E-state index in [2.05, 4.69) is 10.3 Å². The Labute approximate surface area is 73.6 Å². The molecule has 0 saturated carbocycles. The van der Waals surface area contributed by atoms with Crippen LogP contribution in [0, 0.1) is 5.82 Å². The number of anilines is 1. The molecule has 1 aromatic heterocycles. The molecule has 6 heteroatoms. The molecular weight excluding hydrogens is 177 g/mol. The summed E-state index contributed by atoms with van der Waals surface area (Å²) in [7, 11) is 1.51. The fourth-order valence-corrected chi connectivity index (χ4v) is 0.811. The van der Waals surface area contributed by atoms with Gasteiger partial charge in [-0.3, -0.25) is 10.0 Å². The number of rotatable bonds is 2. The van der Waals surface area contributed by atoms with E-state index in [0.717, 1.165) is 12.3 Å². The zero-order chi connectivity index (χ0) is 9.84. The van der Waals surface area contributed by atoms with Gasteiger partial charge in [0.1, 0.15) is 0 Å². The van der Waals surface area contributed by atoms with Crippen LogP contribution in [-0.2, 0) is 0 Å². The molecule has 1 heterocycles. The van der Waals surface area contributed by atoms with Crippen LogP contribution in [0.5, 0.6) is 0 Å². The molecule has 0 unspecified atom stereocenters. The zero-order valence-electron chi connectivity index (χ0n) is 6.84.